The maximum atomic E-state index is 13.1. The van der Waals surface area contributed by atoms with Crippen LogP contribution in [0.1, 0.15) is 39.0 Å². The molecule has 2 aromatic rings. The number of hydrogen-bond donors (Lipinski definition) is 2. The van der Waals surface area contributed by atoms with E-state index >= 15 is 0 Å². The Labute approximate surface area is 189 Å². The Balaban J connectivity index is 1.47. The zero-order valence-electron chi connectivity index (χ0n) is 18.5. The van der Waals surface area contributed by atoms with Crippen molar-refractivity contribution in [2.75, 3.05) is 23.8 Å². The van der Waals surface area contributed by atoms with Crippen LogP contribution in [0.25, 0.3) is 0 Å². The molecule has 3 atom stereocenters. The second kappa shape index (κ2) is 9.40. The van der Waals surface area contributed by atoms with Crippen LogP contribution in [-0.2, 0) is 14.8 Å². The van der Waals surface area contributed by atoms with E-state index in [-0.39, 0.29) is 16.6 Å². The number of rotatable bonds is 9. The molecule has 2 saturated carbocycles. The van der Waals surface area contributed by atoms with E-state index in [1.54, 1.807) is 36.4 Å². The van der Waals surface area contributed by atoms with Gasteiger partial charge >= 0.3 is 0 Å². The molecular weight excluding hydrogens is 428 g/mol. The van der Waals surface area contributed by atoms with Gasteiger partial charge in [-0.3, -0.25) is 9.52 Å². The fourth-order valence-corrected chi connectivity index (χ4v) is 6.29. The van der Waals surface area contributed by atoms with Crippen molar-refractivity contribution in [2.24, 2.45) is 17.8 Å². The lowest BCUT2D eigenvalue weighted by atomic mass is 9.86. The second-order valence-electron chi connectivity index (χ2n) is 8.62. The molecule has 8 heteroatoms. The Morgan fingerprint density at radius 2 is 1.81 bits per heavy atom. The fraction of sp³-hybridized carbons (Fsp3) is 0.458. The van der Waals surface area contributed by atoms with Crippen molar-refractivity contribution in [3.8, 4) is 11.5 Å². The first kappa shape index (κ1) is 22.5. The highest BCUT2D eigenvalue weighted by atomic mass is 32.2. The normalized spacial score (nSPS) is 21.9. The topological polar surface area (TPSA) is 93.7 Å². The number of nitrogens with one attached hydrogen (secondary N) is 2. The molecular formula is C24H30N2O5S. The summed E-state index contributed by atoms with van der Waals surface area (Å²) >= 11 is 0. The van der Waals surface area contributed by atoms with E-state index in [1.165, 1.54) is 32.4 Å². The third-order valence-electron chi connectivity index (χ3n) is 6.49. The quantitative estimate of drug-likeness (QED) is 0.570. The molecule has 4 rings (SSSR count). The Kier molecular flexibility index (Phi) is 6.60. The van der Waals surface area contributed by atoms with Gasteiger partial charge in [-0.15, -0.1) is 0 Å². The van der Waals surface area contributed by atoms with Crippen LogP contribution in [0, 0.1) is 17.8 Å². The van der Waals surface area contributed by atoms with Crippen LogP contribution < -0.4 is 19.5 Å². The Hall–Kier alpha value is -2.74. The summed E-state index contributed by atoms with van der Waals surface area (Å²) in [6, 6.07) is 11.3. The average molecular weight is 459 g/mol. The molecule has 2 aliphatic rings. The SMILES string of the molecule is CCOc1ccc(NS(=O)(=O)c2cc(NC(=O)CC3CC4CCC3C4)ccc2OC)cc1. The van der Waals surface area contributed by atoms with Gasteiger partial charge in [0.05, 0.1) is 13.7 Å². The van der Waals surface area contributed by atoms with Crippen LogP contribution in [0.3, 0.4) is 0 Å². The third-order valence-corrected chi connectivity index (χ3v) is 7.89. The predicted molar refractivity (Wildman–Crippen MR) is 124 cm³/mol. The number of methoxy groups -OCH3 is 1. The van der Waals surface area contributed by atoms with Crippen LogP contribution in [0.2, 0.25) is 0 Å². The number of sulfonamides is 1. The largest absolute Gasteiger partial charge is 0.495 e. The minimum atomic E-state index is -3.94. The number of anilines is 2. The highest BCUT2D eigenvalue weighted by molar-refractivity contribution is 7.92. The molecule has 7 nitrogen and oxygen atoms in total. The molecule has 0 aromatic heterocycles. The van der Waals surface area contributed by atoms with E-state index in [1.807, 2.05) is 6.92 Å². The zero-order chi connectivity index (χ0) is 22.7. The molecule has 0 saturated heterocycles. The number of amides is 1. The van der Waals surface area contributed by atoms with Crippen molar-refractivity contribution < 1.29 is 22.7 Å². The summed E-state index contributed by atoms with van der Waals surface area (Å²) in [6.07, 6.45) is 5.39. The molecule has 0 radical (unpaired) electrons. The molecule has 0 spiro atoms. The van der Waals surface area contributed by atoms with E-state index < -0.39 is 10.0 Å². The molecule has 2 aliphatic carbocycles. The van der Waals surface area contributed by atoms with Gasteiger partial charge in [-0.2, -0.15) is 0 Å². The summed E-state index contributed by atoms with van der Waals surface area (Å²) in [5, 5.41) is 2.87. The first-order valence-electron chi connectivity index (χ1n) is 11.1. The molecule has 2 fully saturated rings. The molecule has 0 heterocycles. The van der Waals surface area contributed by atoms with Crippen molar-refractivity contribution in [3.63, 3.8) is 0 Å². The van der Waals surface area contributed by atoms with Crippen LogP contribution in [-0.4, -0.2) is 28.0 Å². The standard InChI is InChI=1S/C24H30N2O5S/c1-3-31-21-9-6-19(7-10-21)26-32(28,29)23-15-20(8-11-22(23)30-2)25-24(27)14-18-13-16-4-5-17(18)12-16/h6-11,15-18,26H,3-5,12-14H2,1-2H3,(H,25,27). The van der Waals surface area contributed by atoms with Gasteiger partial charge in [0.15, 0.2) is 0 Å². The van der Waals surface area contributed by atoms with Gasteiger partial charge in [0.1, 0.15) is 16.4 Å². The lowest BCUT2D eigenvalue weighted by Gasteiger charge is -2.21. The Morgan fingerprint density at radius 3 is 2.44 bits per heavy atom. The van der Waals surface area contributed by atoms with E-state index in [9.17, 15) is 13.2 Å². The highest BCUT2D eigenvalue weighted by Gasteiger charge is 2.40. The summed E-state index contributed by atoms with van der Waals surface area (Å²) < 4.78 is 39.3. The Bertz CT molecular complexity index is 1070. The Morgan fingerprint density at radius 1 is 1.06 bits per heavy atom. The zero-order valence-corrected chi connectivity index (χ0v) is 19.3. The lowest BCUT2D eigenvalue weighted by Crippen LogP contribution is -2.20. The summed E-state index contributed by atoms with van der Waals surface area (Å²) in [4.78, 5) is 12.6. The van der Waals surface area contributed by atoms with Crippen molar-refractivity contribution in [3.05, 3.63) is 42.5 Å². The van der Waals surface area contributed by atoms with Crippen LogP contribution >= 0.6 is 0 Å². The highest BCUT2D eigenvalue weighted by Crippen LogP contribution is 2.49. The molecule has 2 aromatic carbocycles. The molecule has 2 bridgehead atoms. The number of carbonyl (C=O) groups is 1. The number of ether oxygens (including phenoxy) is 2. The van der Waals surface area contributed by atoms with E-state index in [4.69, 9.17) is 9.47 Å². The van der Waals surface area contributed by atoms with Crippen molar-refractivity contribution in [1.82, 2.24) is 0 Å². The molecule has 3 unspecified atom stereocenters. The van der Waals surface area contributed by atoms with Crippen molar-refractivity contribution in [1.29, 1.82) is 0 Å². The second-order valence-corrected chi connectivity index (χ2v) is 10.3. The third kappa shape index (κ3) is 5.01. The minimum absolute atomic E-state index is 0.0355. The summed E-state index contributed by atoms with van der Waals surface area (Å²) in [7, 11) is -2.52. The molecule has 2 N–H and O–H groups in total. The smallest absolute Gasteiger partial charge is 0.265 e. The molecule has 172 valence electrons. The van der Waals surface area contributed by atoms with Gasteiger partial charge in [0.25, 0.3) is 10.0 Å². The van der Waals surface area contributed by atoms with Gasteiger partial charge in [-0.1, -0.05) is 6.42 Å². The maximum Gasteiger partial charge on any atom is 0.265 e. The van der Waals surface area contributed by atoms with E-state index in [0.717, 1.165) is 12.3 Å². The summed E-state index contributed by atoms with van der Waals surface area (Å²) in [5.41, 5.74) is 0.840. The first-order valence-corrected chi connectivity index (χ1v) is 12.6. The number of hydrogen-bond acceptors (Lipinski definition) is 5. The van der Waals surface area contributed by atoms with Crippen molar-refractivity contribution >= 4 is 27.3 Å². The number of carbonyl (C=O) groups excluding carboxylic acids is 1. The molecule has 1 amide bonds. The lowest BCUT2D eigenvalue weighted by molar-refractivity contribution is -0.117. The van der Waals surface area contributed by atoms with Gasteiger partial charge < -0.3 is 14.8 Å². The minimum Gasteiger partial charge on any atom is -0.495 e. The molecule has 0 aliphatic heterocycles. The van der Waals surface area contributed by atoms with Gasteiger partial charge in [-0.25, -0.2) is 8.42 Å². The van der Waals surface area contributed by atoms with E-state index in [2.05, 4.69) is 10.0 Å². The predicted octanol–water partition coefficient (Wildman–Crippen LogP) is 4.66. The number of fused-ring (bicyclic) bond motifs is 2. The fourth-order valence-electron chi connectivity index (χ4n) is 5.04. The average Bonchev–Trinajstić information content (AvgIpc) is 3.38. The van der Waals surface area contributed by atoms with Crippen LogP contribution in [0.15, 0.2) is 47.4 Å². The van der Waals surface area contributed by atoms with Crippen LogP contribution in [0.4, 0.5) is 11.4 Å². The van der Waals surface area contributed by atoms with E-state index in [0.29, 0.717) is 42.0 Å². The molecule has 32 heavy (non-hydrogen) atoms. The van der Waals surface area contributed by atoms with Gasteiger partial charge in [-0.05, 0) is 86.4 Å². The van der Waals surface area contributed by atoms with Gasteiger partial charge in [0.2, 0.25) is 5.91 Å². The number of benzene rings is 2. The van der Waals surface area contributed by atoms with Gasteiger partial charge in [0, 0.05) is 17.8 Å². The monoisotopic (exact) mass is 458 g/mol. The summed E-state index contributed by atoms with van der Waals surface area (Å²) in [5.74, 6) is 2.68. The summed E-state index contributed by atoms with van der Waals surface area (Å²) in [6.45, 7) is 2.41. The van der Waals surface area contributed by atoms with Crippen LogP contribution in [0.5, 0.6) is 11.5 Å². The maximum absolute atomic E-state index is 13.1. The van der Waals surface area contributed by atoms with Crippen molar-refractivity contribution in [2.45, 2.75) is 43.9 Å². The first-order chi connectivity index (χ1) is 15.4.